The van der Waals surface area contributed by atoms with Crippen molar-refractivity contribution in [3.05, 3.63) is 24.3 Å². The largest absolute Gasteiger partial charge is 0.370 e. The van der Waals surface area contributed by atoms with Gasteiger partial charge in [0.1, 0.15) is 0 Å². The first-order valence-corrected chi connectivity index (χ1v) is 6.87. The second-order valence-corrected chi connectivity index (χ2v) is 4.88. The molecule has 0 saturated carbocycles. The summed E-state index contributed by atoms with van der Waals surface area (Å²) in [6.07, 6.45) is 4.69. The highest BCUT2D eigenvalue weighted by atomic mass is 15.3. The van der Waals surface area contributed by atoms with Crippen LogP contribution in [-0.2, 0) is 6.54 Å². The second-order valence-electron chi connectivity index (χ2n) is 4.88. The fourth-order valence-corrected chi connectivity index (χ4v) is 2.49. The Bertz CT molecular complexity index is 599. The van der Waals surface area contributed by atoms with Gasteiger partial charge in [0.25, 0.3) is 0 Å². The number of anilines is 1. The van der Waals surface area contributed by atoms with Crippen LogP contribution in [0.1, 0.15) is 25.7 Å². The lowest BCUT2D eigenvalue weighted by Gasteiger charge is -2.09. The Labute approximate surface area is 112 Å². The summed E-state index contributed by atoms with van der Waals surface area (Å²) in [6, 6.07) is 8.17. The minimum atomic E-state index is 0.457. The summed E-state index contributed by atoms with van der Waals surface area (Å²) < 4.78 is 2.20. The third-order valence-electron chi connectivity index (χ3n) is 3.47. The predicted octanol–water partition coefficient (Wildman–Crippen LogP) is 2.34. The number of aromatic nitrogens is 2. The fraction of sp³-hybridized carbons (Fsp3) is 0.429. The highest BCUT2D eigenvalue weighted by molar-refractivity contribution is 5.92. The van der Waals surface area contributed by atoms with Crippen molar-refractivity contribution in [2.45, 2.75) is 32.2 Å². The first-order chi connectivity index (χ1) is 9.34. The molecule has 0 unspecified atom stereocenters. The lowest BCUT2D eigenvalue weighted by atomic mass is 10.2. The second kappa shape index (κ2) is 5.30. The zero-order valence-electron chi connectivity index (χ0n) is 11.0. The summed E-state index contributed by atoms with van der Waals surface area (Å²) in [5, 5.41) is 3.13. The molecule has 0 fully saturated rings. The molecule has 5 heteroatoms. The molecule has 3 N–H and O–H groups in total. The van der Waals surface area contributed by atoms with Crippen molar-refractivity contribution in [2.75, 3.05) is 11.9 Å². The number of hydrogen-bond donors (Lipinski definition) is 2. The van der Waals surface area contributed by atoms with Gasteiger partial charge in [-0.2, -0.15) is 0 Å². The SMILES string of the molecule is NC1=NCCCCCCn2c(nc3ccccc32)N1. The van der Waals surface area contributed by atoms with E-state index in [0.717, 1.165) is 42.9 Å². The van der Waals surface area contributed by atoms with Crippen molar-refractivity contribution in [1.82, 2.24) is 9.55 Å². The van der Waals surface area contributed by atoms with E-state index in [9.17, 15) is 0 Å². The van der Waals surface area contributed by atoms with Gasteiger partial charge in [-0.1, -0.05) is 25.0 Å². The molecule has 3 rings (SSSR count). The monoisotopic (exact) mass is 257 g/mol. The Kier molecular flexibility index (Phi) is 3.35. The number of hydrogen-bond acceptors (Lipinski definition) is 4. The van der Waals surface area contributed by atoms with Crippen LogP contribution in [-0.4, -0.2) is 22.1 Å². The van der Waals surface area contributed by atoms with Crippen LogP contribution in [0.25, 0.3) is 11.0 Å². The molecule has 0 radical (unpaired) electrons. The Morgan fingerprint density at radius 1 is 1.11 bits per heavy atom. The molecule has 0 spiro atoms. The van der Waals surface area contributed by atoms with Crippen LogP contribution in [0.2, 0.25) is 0 Å². The Balaban J connectivity index is 2.02. The molecule has 0 bridgehead atoms. The molecule has 0 aliphatic carbocycles. The Morgan fingerprint density at radius 2 is 1.95 bits per heavy atom. The summed E-state index contributed by atoms with van der Waals surface area (Å²) >= 11 is 0. The molecule has 0 atom stereocenters. The van der Waals surface area contributed by atoms with E-state index in [0.29, 0.717) is 5.96 Å². The number of benzene rings is 1. The van der Waals surface area contributed by atoms with Gasteiger partial charge in [-0.15, -0.1) is 0 Å². The van der Waals surface area contributed by atoms with Crippen molar-refractivity contribution in [2.24, 2.45) is 10.7 Å². The van der Waals surface area contributed by atoms with Gasteiger partial charge in [-0.05, 0) is 25.0 Å². The number of fused-ring (bicyclic) bond motifs is 3. The highest BCUT2D eigenvalue weighted by Crippen LogP contribution is 2.20. The molecule has 100 valence electrons. The lowest BCUT2D eigenvalue weighted by molar-refractivity contribution is 0.588. The number of para-hydroxylation sites is 2. The molecule has 19 heavy (non-hydrogen) atoms. The van der Waals surface area contributed by atoms with E-state index in [1.165, 1.54) is 12.8 Å². The van der Waals surface area contributed by atoms with Gasteiger partial charge in [0.05, 0.1) is 11.0 Å². The van der Waals surface area contributed by atoms with Gasteiger partial charge in [0.15, 0.2) is 5.96 Å². The highest BCUT2D eigenvalue weighted by Gasteiger charge is 2.11. The van der Waals surface area contributed by atoms with E-state index < -0.39 is 0 Å². The maximum atomic E-state index is 5.90. The summed E-state index contributed by atoms with van der Waals surface area (Å²) in [5.74, 6) is 1.25. The van der Waals surface area contributed by atoms with Gasteiger partial charge in [-0.3, -0.25) is 10.3 Å². The maximum Gasteiger partial charge on any atom is 0.210 e. The maximum absolute atomic E-state index is 5.90. The van der Waals surface area contributed by atoms with Gasteiger partial charge in [-0.25, -0.2) is 4.98 Å². The normalized spacial score (nSPS) is 17.2. The van der Waals surface area contributed by atoms with E-state index in [1.54, 1.807) is 0 Å². The zero-order chi connectivity index (χ0) is 13.1. The first kappa shape index (κ1) is 12.0. The molecule has 5 nitrogen and oxygen atoms in total. The number of imidazole rings is 1. The summed E-state index contributed by atoms with van der Waals surface area (Å²) in [6.45, 7) is 1.76. The van der Waals surface area contributed by atoms with Gasteiger partial charge < -0.3 is 10.3 Å². The first-order valence-electron chi connectivity index (χ1n) is 6.87. The molecule has 2 heterocycles. The number of guanidine groups is 1. The van der Waals surface area contributed by atoms with Crippen LogP contribution in [0.5, 0.6) is 0 Å². The standard InChI is InChI=1S/C14H19N5/c15-13-16-9-5-1-2-6-10-19-12-8-4-3-7-11(12)17-14(19)18-13/h3-4,7-8H,1-2,5-6,9-10H2,(H3,15,16,17,18). The molecule has 2 aromatic rings. The van der Waals surface area contributed by atoms with Crippen LogP contribution >= 0.6 is 0 Å². The van der Waals surface area contributed by atoms with E-state index in [-0.39, 0.29) is 0 Å². The van der Waals surface area contributed by atoms with E-state index in [2.05, 4.69) is 25.9 Å². The van der Waals surface area contributed by atoms with Crippen molar-refractivity contribution in [3.63, 3.8) is 0 Å². The van der Waals surface area contributed by atoms with Gasteiger partial charge >= 0.3 is 0 Å². The molecule has 1 aliphatic rings. The summed E-state index contributed by atoms with van der Waals surface area (Å²) in [5.41, 5.74) is 8.04. The molecule has 1 aromatic carbocycles. The third-order valence-corrected chi connectivity index (χ3v) is 3.47. The lowest BCUT2D eigenvalue weighted by Crippen LogP contribution is -2.25. The van der Waals surface area contributed by atoms with Crippen LogP contribution in [0.4, 0.5) is 5.95 Å². The molecular weight excluding hydrogens is 238 g/mol. The topological polar surface area (TPSA) is 68.2 Å². The molecule has 1 aliphatic heterocycles. The number of rotatable bonds is 0. The van der Waals surface area contributed by atoms with Crippen molar-refractivity contribution < 1.29 is 0 Å². The van der Waals surface area contributed by atoms with Crippen molar-refractivity contribution in [1.29, 1.82) is 0 Å². The average Bonchev–Trinajstić information content (AvgIpc) is 2.73. The van der Waals surface area contributed by atoms with Crippen LogP contribution in [0, 0.1) is 0 Å². The average molecular weight is 257 g/mol. The van der Waals surface area contributed by atoms with E-state index in [4.69, 9.17) is 5.73 Å². The quantitative estimate of drug-likeness (QED) is 0.761. The van der Waals surface area contributed by atoms with Crippen LogP contribution in [0.3, 0.4) is 0 Å². The number of aryl methyl sites for hydroxylation is 1. The van der Waals surface area contributed by atoms with Crippen molar-refractivity contribution >= 4 is 22.9 Å². The number of nitrogens with two attached hydrogens (primary N) is 1. The van der Waals surface area contributed by atoms with Crippen molar-refractivity contribution in [3.8, 4) is 0 Å². The molecule has 1 aromatic heterocycles. The molecular formula is C14H19N5. The molecule has 0 saturated heterocycles. The summed E-state index contributed by atoms with van der Waals surface area (Å²) in [7, 11) is 0. The zero-order valence-corrected chi connectivity index (χ0v) is 11.0. The van der Waals surface area contributed by atoms with E-state index >= 15 is 0 Å². The Hall–Kier alpha value is -2.04. The summed E-state index contributed by atoms with van der Waals surface area (Å²) in [4.78, 5) is 8.93. The number of nitrogens with zero attached hydrogens (tertiary/aromatic N) is 3. The minimum Gasteiger partial charge on any atom is -0.370 e. The fourth-order valence-electron chi connectivity index (χ4n) is 2.49. The smallest absolute Gasteiger partial charge is 0.210 e. The van der Waals surface area contributed by atoms with Gasteiger partial charge in [0, 0.05) is 13.1 Å². The minimum absolute atomic E-state index is 0.457. The number of nitrogens with one attached hydrogen (secondary N) is 1. The van der Waals surface area contributed by atoms with Crippen LogP contribution in [0.15, 0.2) is 29.3 Å². The van der Waals surface area contributed by atoms with Crippen LogP contribution < -0.4 is 11.1 Å². The van der Waals surface area contributed by atoms with Gasteiger partial charge in [0.2, 0.25) is 5.95 Å². The number of aliphatic imine (C=N–C) groups is 1. The van der Waals surface area contributed by atoms with E-state index in [1.807, 2.05) is 18.2 Å². The predicted molar refractivity (Wildman–Crippen MR) is 78.3 cm³/mol. The Morgan fingerprint density at radius 3 is 2.89 bits per heavy atom. The molecule has 0 amide bonds. The third kappa shape index (κ3) is 2.54.